The van der Waals surface area contributed by atoms with Crippen LogP contribution in [0.4, 0.5) is 5.69 Å². The summed E-state index contributed by atoms with van der Waals surface area (Å²) >= 11 is 0. The summed E-state index contributed by atoms with van der Waals surface area (Å²) in [6.07, 6.45) is 6.77. The summed E-state index contributed by atoms with van der Waals surface area (Å²) in [7, 11) is 0. The third-order valence-electron chi connectivity index (χ3n) is 4.53. The van der Waals surface area contributed by atoms with Gasteiger partial charge in [-0.1, -0.05) is 30.3 Å². The van der Waals surface area contributed by atoms with Crippen LogP contribution in [0.1, 0.15) is 30.5 Å². The molecule has 3 heteroatoms. The Morgan fingerprint density at radius 1 is 1.09 bits per heavy atom. The first-order valence-electron chi connectivity index (χ1n) is 8.00. The Labute approximate surface area is 132 Å². The Kier molecular flexibility index (Phi) is 4.70. The lowest BCUT2D eigenvalue weighted by atomic mass is 9.90. The molecule has 1 aromatic heterocycles. The molecule has 22 heavy (non-hydrogen) atoms. The Hall–Kier alpha value is -2.34. The first-order valence-corrected chi connectivity index (χ1v) is 8.00. The molecule has 1 aromatic carbocycles. The van der Waals surface area contributed by atoms with Gasteiger partial charge in [0, 0.05) is 13.1 Å². The van der Waals surface area contributed by atoms with Gasteiger partial charge in [0.2, 0.25) is 0 Å². The lowest BCUT2D eigenvalue weighted by Gasteiger charge is -2.33. The number of hydrogen-bond acceptors (Lipinski definition) is 3. The van der Waals surface area contributed by atoms with Crippen LogP contribution in [0.25, 0.3) is 0 Å². The van der Waals surface area contributed by atoms with Crippen LogP contribution in [0.3, 0.4) is 0 Å². The molecule has 3 nitrogen and oxygen atoms in total. The maximum Gasteiger partial charge on any atom is 0.140 e. The maximum absolute atomic E-state index is 8.80. The zero-order valence-electron chi connectivity index (χ0n) is 12.8. The van der Waals surface area contributed by atoms with Crippen LogP contribution in [0.2, 0.25) is 0 Å². The number of hydrogen-bond donors (Lipinski definition) is 0. The molecule has 0 amide bonds. The number of benzene rings is 1. The number of aryl methyl sites for hydroxylation is 1. The van der Waals surface area contributed by atoms with Crippen molar-refractivity contribution >= 4 is 5.69 Å². The molecule has 0 N–H and O–H groups in total. The fraction of sp³-hybridized carbons (Fsp3) is 0.368. The lowest BCUT2D eigenvalue weighted by Crippen LogP contribution is -2.33. The minimum atomic E-state index is 0.487. The monoisotopic (exact) mass is 291 g/mol. The quantitative estimate of drug-likeness (QED) is 0.860. The number of nitriles is 1. The highest BCUT2D eigenvalue weighted by atomic mass is 15.1. The molecule has 2 heterocycles. The van der Waals surface area contributed by atoms with E-state index in [1.54, 1.807) is 6.07 Å². The molecule has 0 bridgehead atoms. The SMILES string of the molecule is N#Cc1ccc(N2CCC(CCc3ccccc3)CC2)cn1. The van der Waals surface area contributed by atoms with Gasteiger partial charge in [-0.2, -0.15) is 5.26 Å². The van der Waals surface area contributed by atoms with Gasteiger partial charge in [0.05, 0.1) is 11.9 Å². The molecular formula is C19H21N3. The van der Waals surface area contributed by atoms with Crippen molar-refractivity contribution in [3.63, 3.8) is 0 Å². The second kappa shape index (κ2) is 7.09. The Balaban J connectivity index is 1.48. The van der Waals surface area contributed by atoms with E-state index >= 15 is 0 Å². The van der Waals surface area contributed by atoms with Gasteiger partial charge in [0.25, 0.3) is 0 Å². The maximum atomic E-state index is 8.80. The van der Waals surface area contributed by atoms with Gasteiger partial charge in [0.1, 0.15) is 11.8 Å². The van der Waals surface area contributed by atoms with E-state index in [4.69, 9.17) is 5.26 Å². The third-order valence-corrected chi connectivity index (χ3v) is 4.53. The fourth-order valence-corrected chi connectivity index (χ4v) is 3.13. The van der Waals surface area contributed by atoms with E-state index in [-0.39, 0.29) is 0 Å². The van der Waals surface area contributed by atoms with Crippen molar-refractivity contribution in [3.05, 3.63) is 59.9 Å². The molecule has 0 atom stereocenters. The summed E-state index contributed by atoms with van der Waals surface area (Å²) < 4.78 is 0. The van der Waals surface area contributed by atoms with Crippen molar-refractivity contribution in [3.8, 4) is 6.07 Å². The predicted octanol–water partition coefficient (Wildman–Crippen LogP) is 3.80. The molecule has 0 radical (unpaired) electrons. The molecule has 3 rings (SSSR count). The second-order valence-electron chi connectivity index (χ2n) is 5.97. The first kappa shape index (κ1) is 14.6. The average Bonchev–Trinajstić information content (AvgIpc) is 2.61. The van der Waals surface area contributed by atoms with Crippen LogP contribution in [-0.4, -0.2) is 18.1 Å². The van der Waals surface area contributed by atoms with E-state index < -0.39 is 0 Å². The summed E-state index contributed by atoms with van der Waals surface area (Å²) in [6.45, 7) is 2.18. The van der Waals surface area contributed by atoms with Gasteiger partial charge in [-0.25, -0.2) is 4.98 Å². The number of rotatable bonds is 4. The van der Waals surface area contributed by atoms with Crippen molar-refractivity contribution in [1.29, 1.82) is 5.26 Å². The highest BCUT2D eigenvalue weighted by molar-refractivity contribution is 5.46. The van der Waals surface area contributed by atoms with E-state index in [9.17, 15) is 0 Å². The van der Waals surface area contributed by atoms with Crippen LogP contribution in [0, 0.1) is 17.2 Å². The van der Waals surface area contributed by atoms with Gasteiger partial charge in [-0.3, -0.25) is 0 Å². The average molecular weight is 291 g/mol. The van der Waals surface area contributed by atoms with E-state index in [0.29, 0.717) is 5.69 Å². The number of nitrogens with zero attached hydrogens (tertiary/aromatic N) is 3. The van der Waals surface area contributed by atoms with Crippen LogP contribution >= 0.6 is 0 Å². The smallest absolute Gasteiger partial charge is 0.140 e. The van der Waals surface area contributed by atoms with Crippen LogP contribution in [-0.2, 0) is 6.42 Å². The first-order chi connectivity index (χ1) is 10.8. The van der Waals surface area contributed by atoms with Crippen molar-refractivity contribution in [1.82, 2.24) is 4.98 Å². The Morgan fingerprint density at radius 3 is 2.50 bits per heavy atom. The van der Waals surface area contributed by atoms with E-state index in [1.165, 1.54) is 31.2 Å². The zero-order chi connectivity index (χ0) is 15.2. The third kappa shape index (κ3) is 3.65. The molecule has 0 unspecified atom stereocenters. The lowest BCUT2D eigenvalue weighted by molar-refractivity contribution is 0.382. The highest BCUT2D eigenvalue weighted by Gasteiger charge is 2.19. The van der Waals surface area contributed by atoms with Crippen molar-refractivity contribution < 1.29 is 0 Å². The van der Waals surface area contributed by atoms with Crippen LogP contribution < -0.4 is 4.90 Å². The molecule has 0 spiro atoms. The van der Waals surface area contributed by atoms with Crippen molar-refractivity contribution in [2.75, 3.05) is 18.0 Å². The minimum absolute atomic E-state index is 0.487. The van der Waals surface area contributed by atoms with Gasteiger partial charge >= 0.3 is 0 Å². The summed E-state index contributed by atoms with van der Waals surface area (Å²) in [4.78, 5) is 6.55. The molecule has 0 saturated carbocycles. The fourth-order valence-electron chi connectivity index (χ4n) is 3.13. The van der Waals surface area contributed by atoms with Gasteiger partial charge in [-0.05, 0) is 49.3 Å². The minimum Gasteiger partial charge on any atom is -0.370 e. The number of pyridine rings is 1. The standard InChI is InChI=1S/C19H21N3/c20-14-18-8-9-19(15-21-18)22-12-10-17(11-13-22)7-6-16-4-2-1-3-5-16/h1-5,8-9,15,17H,6-7,10-13H2. The van der Waals surface area contributed by atoms with Gasteiger partial charge < -0.3 is 4.90 Å². The van der Waals surface area contributed by atoms with Crippen LogP contribution in [0.15, 0.2) is 48.7 Å². The Bertz CT molecular complexity index is 620. The molecule has 2 aromatic rings. The molecule has 1 saturated heterocycles. The summed E-state index contributed by atoms with van der Waals surface area (Å²) in [6, 6.07) is 16.6. The molecule has 0 aliphatic carbocycles. The highest BCUT2D eigenvalue weighted by Crippen LogP contribution is 2.26. The van der Waals surface area contributed by atoms with Crippen molar-refractivity contribution in [2.45, 2.75) is 25.7 Å². The van der Waals surface area contributed by atoms with Gasteiger partial charge in [-0.15, -0.1) is 0 Å². The molecule has 1 fully saturated rings. The predicted molar refractivity (Wildman–Crippen MR) is 88.7 cm³/mol. The number of piperidine rings is 1. The topological polar surface area (TPSA) is 39.9 Å². The number of aromatic nitrogens is 1. The molecular weight excluding hydrogens is 270 g/mol. The molecule has 1 aliphatic rings. The second-order valence-corrected chi connectivity index (χ2v) is 5.97. The summed E-state index contributed by atoms with van der Waals surface area (Å²) in [5.41, 5.74) is 3.07. The Morgan fingerprint density at radius 2 is 1.86 bits per heavy atom. The number of anilines is 1. The van der Waals surface area contributed by atoms with E-state index in [2.05, 4.69) is 46.3 Å². The van der Waals surface area contributed by atoms with E-state index in [1.807, 2.05) is 12.3 Å². The summed E-state index contributed by atoms with van der Waals surface area (Å²) in [5, 5.41) is 8.80. The zero-order valence-corrected chi connectivity index (χ0v) is 12.8. The van der Waals surface area contributed by atoms with Gasteiger partial charge in [0.15, 0.2) is 0 Å². The normalized spacial score (nSPS) is 15.5. The van der Waals surface area contributed by atoms with E-state index in [0.717, 1.165) is 24.7 Å². The molecule has 112 valence electrons. The molecule has 1 aliphatic heterocycles. The van der Waals surface area contributed by atoms with Crippen LogP contribution in [0.5, 0.6) is 0 Å². The largest absolute Gasteiger partial charge is 0.370 e. The van der Waals surface area contributed by atoms with Crippen molar-refractivity contribution in [2.24, 2.45) is 5.92 Å². The summed E-state index contributed by atoms with van der Waals surface area (Å²) in [5.74, 6) is 0.822.